The molecule has 0 fully saturated rings. The minimum absolute atomic E-state index is 0.00336. The molecule has 0 spiro atoms. The van der Waals surface area contributed by atoms with Crippen LogP contribution in [0.3, 0.4) is 0 Å². The van der Waals surface area contributed by atoms with E-state index in [9.17, 15) is 18.0 Å². The number of sulfonamides is 1. The Hall–Kier alpha value is -2.78. The van der Waals surface area contributed by atoms with Gasteiger partial charge in [0.05, 0.1) is 17.0 Å². The van der Waals surface area contributed by atoms with E-state index in [2.05, 4.69) is 5.32 Å². The predicted molar refractivity (Wildman–Crippen MR) is 172 cm³/mol. The van der Waals surface area contributed by atoms with Crippen LogP contribution in [0.2, 0.25) is 15.1 Å². The van der Waals surface area contributed by atoms with Crippen LogP contribution >= 0.6 is 34.8 Å². The Balaban J connectivity index is 1.90. The van der Waals surface area contributed by atoms with E-state index in [1.165, 1.54) is 12.1 Å². The van der Waals surface area contributed by atoms with Crippen molar-refractivity contribution in [1.82, 2.24) is 10.2 Å². The van der Waals surface area contributed by atoms with Crippen LogP contribution in [0.15, 0.2) is 72.8 Å². The summed E-state index contributed by atoms with van der Waals surface area (Å²) < 4.78 is 26.5. The van der Waals surface area contributed by atoms with Gasteiger partial charge in [-0.25, -0.2) is 8.42 Å². The third kappa shape index (κ3) is 9.90. The summed E-state index contributed by atoms with van der Waals surface area (Å²) in [4.78, 5) is 29.0. The molecule has 0 radical (unpaired) electrons. The van der Waals surface area contributed by atoms with Crippen LogP contribution in [0.25, 0.3) is 0 Å². The Bertz CT molecular complexity index is 1450. The molecule has 3 rings (SSSR count). The summed E-state index contributed by atoms with van der Waals surface area (Å²) in [7, 11) is -3.73. The fourth-order valence-corrected chi connectivity index (χ4v) is 6.13. The summed E-state index contributed by atoms with van der Waals surface area (Å²) in [5.74, 6) is -0.552. The number of nitrogens with zero attached hydrogens (tertiary/aromatic N) is 2. The zero-order chi connectivity index (χ0) is 30.7. The van der Waals surface area contributed by atoms with Gasteiger partial charge in [-0.15, -0.1) is 0 Å². The summed E-state index contributed by atoms with van der Waals surface area (Å²) in [6.45, 7) is 2.65. The van der Waals surface area contributed by atoms with Crippen LogP contribution in [0, 0.1) is 0 Å². The van der Waals surface area contributed by atoms with Gasteiger partial charge in [0, 0.05) is 42.5 Å². The number of amides is 2. The maximum Gasteiger partial charge on any atom is 0.243 e. The van der Waals surface area contributed by atoms with E-state index in [4.69, 9.17) is 34.8 Å². The number of hydrogen-bond donors (Lipinski definition) is 1. The van der Waals surface area contributed by atoms with Gasteiger partial charge in [-0.3, -0.25) is 13.9 Å². The van der Waals surface area contributed by atoms with Crippen molar-refractivity contribution < 1.29 is 18.0 Å². The average molecular weight is 653 g/mol. The quantitative estimate of drug-likeness (QED) is 0.184. The van der Waals surface area contributed by atoms with Crippen molar-refractivity contribution in [3.05, 3.63) is 99.0 Å². The molecule has 0 bridgehead atoms. The minimum atomic E-state index is -3.73. The minimum Gasteiger partial charge on any atom is -0.354 e. The van der Waals surface area contributed by atoms with Gasteiger partial charge in [-0.05, 0) is 48.2 Å². The molecule has 7 nitrogen and oxygen atoms in total. The lowest BCUT2D eigenvalue weighted by molar-refractivity contribution is -0.141. The largest absolute Gasteiger partial charge is 0.354 e. The van der Waals surface area contributed by atoms with Gasteiger partial charge in [0.15, 0.2) is 0 Å². The van der Waals surface area contributed by atoms with Crippen molar-refractivity contribution >= 4 is 62.3 Å². The van der Waals surface area contributed by atoms with Crippen LogP contribution in [-0.4, -0.2) is 50.5 Å². The van der Waals surface area contributed by atoms with Gasteiger partial charge in [0.25, 0.3) is 0 Å². The number of halogens is 3. The molecule has 0 aliphatic carbocycles. The van der Waals surface area contributed by atoms with Crippen molar-refractivity contribution in [2.45, 2.75) is 51.6 Å². The lowest BCUT2D eigenvalue weighted by atomic mass is 10.0. The van der Waals surface area contributed by atoms with Crippen LogP contribution in [-0.2, 0) is 32.6 Å². The fraction of sp³-hybridized carbons (Fsp3) is 0.355. The summed E-state index contributed by atoms with van der Waals surface area (Å²) in [6, 6.07) is 20.5. The molecule has 0 aliphatic rings. The van der Waals surface area contributed by atoms with Crippen molar-refractivity contribution in [3.8, 4) is 0 Å². The Labute approximate surface area is 263 Å². The highest BCUT2D eigenvalue weighted by atomic mass is 35.5. The molecule has 226 valence electrons. The number of rotatable bonds is 15. The summed E-state index contributed by atoms with van der Waals surface area (Å²) >= 11 is 18.9. The van der Waals surface area contributed by atoms with Gasteiger partial charge < -0.3 is 10.2 Å². The van der Waals surface area contributed by atoms with Crippen LogP contribution in [0.4, 0.5) is 5.69 Å². The number of nitrogens with one attached hydrogen (secondary N) is 1. The molecule has 1 N–H and O–H groups in total. The topological polar surface area (TPSA) is 86.8 Å². The normalized spacial score (nSPS) is 12.0. The zero-order valence-electron chi connectivity index (χ0n) is 23.7. The molecule has 3 aromatic rings. The molecule has 0 aliphatic heterocycles. The number of unbranched alkanes of at least 4 members (excludes halogenated alkanes) is 1. The van der Waals surface area contributed by atoms with Crippen LogP contribution < -0.4 is 9.62 Å². The SMILES string of the molecule is CCCCNC(=O)[C@@H](Cc1ccccc1)N(Cc1ccccc1Cl)C(=O)CCCN(c1cc(Cl)ccc1Cl)S(C)(=O)=O. The third-order valence-corrected chi connectivity index (χ3v) is 8.83. The second-order valence-electron chi connectivity index (χ2n) is 10.00. The first-order valence-corrected chi connectivity index (χ1v) is 16.8. The van der Waals surface area contributed by atoms with Crippen LogP contribution in [0.1, 0.15) is 43.7 Å². The molecule has 0 aromatic heterocycles. The third-order valence-electron chi connectivity index (χ3n) is 6.73. The van der Waals surface area contributed by atoms with Crippen molar-refractivity contribution in [1.29, 1.82) is 0 Å². The van der Waals surface area contributed by atoms with E-state index in [1.807, 2.05) is 49.4 Å². The maximum absolute atomic E-state index is 13.9. The van der Waals surface area contributed by atoms with Gasteiger partial charge in [-0.1, -0.05) is 96.7 Å². The van der Waals surface area contributed by atoms with E-state index in [0.29, 0.717) is 28.6 Å². The molecular weight excluding hydrogens is 617 g/mol. The molecule has 0 saturated heterocycles. The number of benzene rings is 3. The average Bonchev–Trinajstić information content (AvgIpc) is 2.95. The van der Waals surface area contributed by atoms with E-state index in [-0.39, 0.29) is 48.5 Å². The summed E-state index contributed by atoms with van der Waals surface area (Å²) in [5.41, 5.74) is 1.85. The Kier molecular flexibility index (Phi) is 13.0. The molecule has 0 saturated carbocycles. The molecule has 0 unspecified atom stereocenters. The lowest BCUT2D eigenvalue weighted by Crippen LogP contribution is -2.50. The molecule has 3 aromatic carbocycles. The molecule has 11 heteroatoms. The number of carbonyl (C=O) groups is 2. The van der Waals surface area contributed by atoms with Gasteiger partial charge in [-0.2, -0.15) is 0 Å². The predicted octanol–water partition coefficient (Wildman–Crippen LogP) is 6.75. The number of carbonyl (C=O) groups excluding carboxylic acids is 2. The first-order valence-electron chi connectivity index (χ1n) is 13.8. The Morgan fingerprint density at radius 1 is 0.905 bits per heavy atom. The first-order chi connectivity index (χ1) is 20.0. The highest BCUT2D eigenvalue weighted by Gasteiger charge is 2.31. The second kappa shape index (κ2) is 16.2. The summed E-state index contributed by atoms with van der Waals surface area (Å²) in [5, 5.41) is 4.03. The first kappa shape index (κ1) is 33.7. The van der Waals surface area contributed by atoms with Crippen molar-refractivity contribution in [2.75, 3.05) is 23.7 Å². The highest BCUT2D eigenvalue weighted by Crippen LogP contribution is 2.31. The monoisotopic (exact) mass is 651 g/mol. The van der Waals surface area contributed by atoms with E-state index >= 15 is 0 Å². The van der Waals surface area contributed by atoms with E-state index in [1.54, 1.807) is 23.1 Å². The molecule has 0 heterocycles. The standard InChI is InChI=1S/C31H36Cl3N3O4S/c1-3-4-18-35-31(39)29(20-23-11-6-5-7-12-23)36(22-24-13-8-9-14-26(24)33)30(38)15-10-19-37(42(2,40)41)28-21-25(32)16-17-27(28)34/h5-9,11-14,16-17,21,29H,3-4,10,15,18-20,22H2,1-2H3,(H,35,39)/t29-/m1/s1. The van der Waals surface area contributed by atoms with Crippen molar-refractivity contribution in [3.63, 3.8) is 0 Å². The summed E-state index contributed by atoms with van der Waals surface area (Å²) in [6.07, 6.45) is 3.29. The Morgan fingerprint density at radius 2 is 1.60 bits per heavy atom. The number of anilines is 1. The molecule has 2 amide bonds. The lowest BCUT2D eigenvalue weighted by Gasteiger charge is -2.32. The van der Waals surface area contributed by atoms with Gasteiger partial charge in [0.2, 0.25) is 21.8 Å². The smallest absolute Gasteiger partial charge is 0.243 e. The molecule has 42 heavy (non-hydrogen) atoms. The van der Waals surface area contributed by atoms with E-state index in [0.717, 1.165) is 29.0 Å². The fourth-order valence-electron chi connectivity index (χ4n) is 4.53. The molecular formula is C31H36Cl3N3O4S. The number of hydrogen-bond acceptors (Lipinski definition) is 4. The van der Waals surface area contributed by atoms with Gasteiger partial charge in [0.1, 0.15) is 6.04 Å². The molecule has 1 atom stereocenters. The van der Waals surface area contributed by atoms with Crippen molar-refractivity contribution in [2.24, 2.45) is 0 Å². The highest BCUT2D eigenvalue weighted by molar-refractivity contribution is 7.92. The maximum atomic E-state index is 13.9. The zero-order valence-corrected chi connectivity index (χ0v) is 26.8. The van der Waals surface area contributed by atoms with E-state index < -0.39 is 16.1 Å². The Morgan fingerprint density at radius 3 is 2.26 bits per heavy atom. The second-order valence-corrected chi connectivity index (χ2v) is 13.2. The van der Waals surface area contributed by atoms with Crippen LogP contribution in [0.5, 0.6) is 0 Å². The van der Waals surface area contributed by atoms with Gasteiger partial charge >= 0.3 is 0 Å².